The monoisotopic (exact) mass is 327 g/mol. The average molecular weight is 327 g/mol. The first-order valence-electron chi connectivity index (χ1n) is 7.92. The van der Waals surface area contributed by atoms with Gasteiger partial charge in [-0.15, -0.1) is 0 Å². The van der Waals surface area contributed by atoms with E-state index in [1.165, 1.54) is 0 Å². The van der Waals surface area contributed by atoms with Gasteiger partial charge in [0.1, 0.15) is 0 Å². The molecule has 5 heteroatoms. The quantitative estimate of drug-likeness (QED) is 0.770. The molecule has 0 aliphatic rings. The summed E-state index contributed by atoms with van der Waals surface area (Å²) in [7, 11) is -3.15. The Morgan fingerprint density at radius 3 is 2.18 bits per heavy atom. The third-order valence-corrected chi connectivity index (χ3v) is 6.31. The number of hydrogen-bond donors (Lipinski definition) is 2. The number of aliphatic hydroxyl groups is 1. The zero-order chi connectivity index (χ0) is 17.0. The van der Waals surface area contributed by atoms with Crippen LogP contribution in [0.1, 0.15) is 52.6 Å². The summed E-state index contributed by atoms with van der Waals surface area (Å²) in [6.45, 7) is 10.1. The van der Waals surface area contributed by atoms with Crippen LogP contribution in [-0.4, -0.2) is 31.4 Å². The van der Waals surface area contributed by atoms with E-state index in [1.54, 1.807) is 19.1 Å². The molecule has 1 aromatic carbocycles. The molecular formula is C17H29NO3S. The van der Waals surface area contributed by atoms with E-state index in [9.17, 15) is 13.5 Å². The molecule has 0 bridgehead atoms. The molecule has 0 amide bonds. The van der Waals surface area contributed by atoms with Crippen molar-refractivity contribution in [2.75, 3.05) is 12.3 Å². The van der Waals surface area contributed by atoms with Gasteiger partial charge in [-0.1, -0.05) is 39.3 Å². The van der Waals surface area contributed by atoms with Crippen molar-refractivity contribution in [1.29, 1.82) is 0 Å². The Balaban J connectivity index is 2.73. The summed E-state index contributed by atoms with van der Waals surface area (Å²) in [6, 6.07) is 7.02. The maximum atomic E-state index is 11.8. The molecule has 2 N–H and O–H groups in total. The van der Waals surface area contributed by atoms with Crippen LogP contribution in [0, 0.1) is 5.92 Å². The Labute approximate surface area is 134 Å². The van der Waals surface area contributed by atoms with Crippen molar-refractivity contribution in [2.45, 2.75) is 57.6 Å². The second kappa shape index (κ2) is 7.57. The van der Waals surface area contributed by atoms with Crippen LogP contribution >= 0.6 is 0 Å². The fourth-order valence-corrected chi connectivity index (χ4v) is 3.11. The zero-order valence-corrected chi connectivity index (χ0v) is 15.1. The molecule has 22 heavy (non-hydrogen) atoms. The van der Waals surface area contributed by atoms with Crippen molar-refractivity contribution in [3.63, 3.8) is 0 Å². The van der Waals surface area contributed by atoms with Gasteiger partial charge in [-0.05, 0) is 37.5 Å². The Morgan fingerprint density at radius 1 is 1.18 bits per heavy atom. The van der Waals surface area contributed by atoms with Crippen molar-refractivity contribution >= 4 is 9.84 Å². The minimum Gasteiger partial charge on any atom is -0.389 e. The van der Waals surface area contributed by atoms with Gasteiger partial charge in [-0.25, -0.2) is 8.42 Å². The fourth-order valence-electron chi connectivity index (χ4n) is 2.22. The lowest BCUT2D eigenvalue weighted by molar-refractivity contribution is 0.00365. The van der Waals surface area contributed by atoms with Gasteiger partial charge < -0.3 is 10.4 Å². The van der Waals surface area contributed by atoms with Crippen molar-refractivity contribution in [3.05, 3.63) is 29.8 Å². The molecule has 1 aromatic rings. The second-order valence-electron chi connectivity index (χ2n) is 6.24. The first kappa shape index (κ1) is 19.1. The van der Waals surface area contributed by atoms with Crippen molar-refractivity contribution in [2.24, 2.45) is 5.92 Å². The topological polar surface area (TPSA) is 66.4 Å². The van der Waals surface area contributed by atoms with Crippen molar-refractivity contribution in [3.8, 4) is 0 Å². The molecule has 3 atom stereocenters. The average Bonchev–Trinajstić information content (AvgIpc) is 2.51. The Bertz CT molecular complexity index is 564. The Morgan fingerprint density at radius 2 is 1.73 bits per heavy atom. The largest absolute Gasteiger partial charge is 0.389 e. The summed E-state index contributed by atoms with van der Waals surface area (Å²) in [5.74, 6) is 0.321. The summed E-state index contributed by atoms with van der Waals surface area (Å²) in [5.41, 5.74) is 0.254. The molecule has 0 saturated carbocycles. The van der Waals surface area contributed by atoms with Crippen LogP contribution in [0.4, 0.5) is 0 Å². The van der Waals surface area contributed by atoms with Crippen molar-refractivity contribution in [1.82, 2.24) is 5.32 Å². The molecule has 0 fully saturated rings. The van der Waals surface area contributed by atoms with Gasteiger partial charge in [-0.3, -0.25) is 0 Å². The van der Waals surface area contributed by atoms with Crippen LogP contribution in [0.25, 0.3) is 0 Å². The van der Waals surface area contributed by atoms with E-state index in [-0.39, 0.29) is 17.7 Å². The number of rotatable bonds is 8. The molecule has 1 rings (SSSR count). The van der Waals surface area contributed by atoms with E-state index in [0.717, 1.165) is 12.0 Å². The van der Waals surface area contributed by atoms with Crippen LogP contribution in [0.3, 0.4) is 0 Å². The van der Waals surface area contributed by atoms with E-state index < -0.39 is 15.4 Å². The normalized spacial score (nSPS) is 17.7. The SMILES string of the molecule is CCC(C)C(C)(O)CNC(C)c1ccc(S(=O)(=O)CC)cc1. The Hall–Kier alpha value is -0.910. The predicted molar refractivity (Wildman–Crippen MR) is 90.7 cm³/mol. The lowest BCUT2D eigenvalue weighted by Gasteiger charge is -2.31. The maximum Gasteiger partial charge on any atom is 0.178 e. The minimum atomic E-state index is -3.15. The predicted octanol–water partition coefficient (Wildman–Crippen LogP) is 2.93. The van der Waals surface area contributed by atoms with E-state index in [1.807, 2.05) is 32.9 Å². The third-order valence-electron chi connectivity index (χ3n) is 4.56. The Kier molecular flexibility index (Phi) is 6.59. The number of sulfone groups is 1. The molecule has 3 unspecified atom stereocenters. The molecule has 126 valence electrons. The van der Waals surface area contributed by atoms with Gasteiger partial charge in [0, 0.05) is 12.6 Å². The highest BCUT2D eigenvalue weighted by atomic mass is 32.2. The zero-order valence-electron chi connectivity index (χ0n) is 14.3. The van der Waals surface area contributed by atoms with Crippen LogP contribution in [0.5, 0.6) is 0 Å². The summed E-state index contributed by atoms with van der Waals surface area (Å²) in [5, 5.41) is 13.7. The van der Waals surface area contributed by atoms with Gasteiger partial charge in [0.05, 0.1) is 16.2 Å². The first-order valence-corrected chi connectivity index (χ1v) is 9.57. The van der Waals surface area contributed by atoms with E-state index in [0.29, 0.717) is 11.4 Å². The summed E-state index contributed by atoms with van der Waals surface area (Å²) in [4.78, 5) is 0.359. The summed E-state index contributed by atoms with van der Waals surface area (Å²) in [6.07, 6.45) is 0.923. The van der Waals surface area contributed by atoms with Gasteiger partial charge in [-0.2, -0.15) is 0 Å². The minimum absolute atomic E-state index is 0.0499. The molecule has 0 spiro atoms. The van der Waals surface area contributed by atoms with Gasteiger partial charge in [0.25, 0.3) is 0 Å². The van der Waals surface area contributed by atoms with Gasteiger partial charge in [0.15, 0.2) is 9.84 Å². The van der Waals surface area contributed by atoms with Crippen LogP contribution < -0.4 is 5.32 Å². The highest BCUT2D eigenvalue weighted by molar-refractivity contribution is 7.91. The third kappa shape index (κ3) is 4.80. The number of hydrogen-bond acceptors (Lipinski definition) is 4. The lowest BCUT2D eigenvalue weighted by atomic mass is 9.88. The highest BCUT2D eigenvalue weighted by Crippen LogP contribution is 2.21. The van der Waals surface area contributed by atoms with Crippen LogP contribution in [0.15, 0.2) is 29.2 Å². The van der Waals surface area contributed by atoms with Gasteiger partial charge >= 0.3 is 0 Å². The molecule has 0 heterocycles. The number of benzene rings is 1. The standard InChI is InChI=1S/C17H29NO3S/c1-6-13(3)17(5,19)12-18-14(4)15-8-10-16(11-9-15)22(20,21)7-2/h8-11,13-14,18-19H,6-7,12H2,1-5H3. The van der Waals surface area contributed by atoms with E-state index in [4.69, 9.17) is 0 Å². The summed E-state index contributed by atoms with van der Waals surface area (Å²) < 4.78 is 23.6. The van der Waals surface area contributed by atoms with Crippen LogP contribution in [0.2, 0.25) is 0 Å². The smallest absolute Gasteiger partial charge is 0.178 e. The molecule has 4 nitrogen and oxygen atoms in total. The van der Waals surface area contributed by atoms with Gasteiger partial charge in [0.2, 0.25) is 0 Å². The molecule has 0 aliphatic heterocycles. The molecule has 0 radical (unpaired) electrons. The summed E-state index contributed by atoms with van der Waals surface area (Å²) >= 11 is 0. The molecule has 0 saturated heterocycles. The van der Waals surface area contributed by atoms with Crippen LogP contribution in [-0.2, 0) is 9.84 Å². The fraction of sp³-hybridized carbons (Fsp3) is 0.647. The molecule has 0 aliphatic carbocycles. The van der Waals surface area contributed by atoms with Crippen molar-refractivity contribution < 1.29 is 13.5 Å². The lowest BCUT2D eigenvalue weighted by Crippen LogP contribution is -2.43. The van der Waals surface area contributed by atoms with E-state index >= 15 is 0 Å². The first-order chi connectivity index (χ1) is 10.1. The second-order valence-corrected chi connectivity index (χ2v) is 8.52. The highest BCUT2D eigenvalue weighted by Gasteiger charge is 2.27. The van der Waals surface area contributed by atoms with E-state index in [2.05, 4.69) is 12.2 Å². The maximum absolute atomic E-state index is 11.8. The molecular weight excluding hydrogens is 298 g/mol. The number of nitrogens with one attached hydrogen (secondary N) is 1. The molecule has 0 aromatic heterocycles.